The molecule has 2 heterocycles. The fourth-order valence-corrected chi connectivity index (χ4v) is 2.56. The summed E-state index contributed by atoms with van der Waals surface area (Å²) in [5.74, 6) is -0.766. The highest BCUT2D eigenvalue weighted by atomic mass is 32.1. The molecule has 1 atom stereocenters. The highest BCUT2D eigenvalue weighted by Crippen LogP contribution is 2.22. The van der Waals surface area contributed by atoms with Crippen LogP contribution in [0.4, 0.5) is 5.69 Å². The summed E-state index contributed by atoms with van der Waals surface area (Å²) < 4.78 is 6.16. The Bertz CT molecular complexity index is 821. The average Bonchev–Trinajstić information content (AvgIpc) is 3.16. The molecule has 7 heteroatoms. The first-order chi connectivity index (χ1) is 10.6. The molecular formula is C15H13N3O3S. The Hall–Kier alpha value is -2.67. The summed E-state index contributed by atoms with van der Waals surface area (Å²) in [5.41, 5.74) is 0.661. The summed E-state index contributed by atoms with van der Waals surface area (Å²) in [5, 5.41) is 8.70. The van der Waals surface area contributed by atoms with Crippen LogP contribution in [0.15, 0.2) is 57.1 Å². The first-order valence-electron chi connectivity index (χ1n) is 6.64. The van der Waals surface area contributed by atoms with Crippen molar-refractivity contribution in [3.8, 4) is 10.8 Å². The van der Waals surface area contributed by atoms with Gasteiger partial charge in [-0.1, -0.05) is 24.3 Å². The molecule has 0 radical (unpaired) electrons. The second-order valence-corrected chi connectivity index (χ2v) is 5.57. The molecule has 1 N–H and O–H groups in total. The normalized spacial score (nSPS) is 12.0. The van der Waals surface area contributed by atoms with Gasteiger partial charge < -0.3 is 9.73 Å². The van der Waals surface area contributed by atoms with Gasteiger partial charge in [-0.15, -0.1) is 16.4 Å². The van der Waals surface area contributed by atoms with Crippen LogP contribution < -0.4 is 11.1 Å². The Balaban J connectivity index is 1.81. The van der Waals surface area contributed by atoms with Crippen LogP contribution in [0.1, 0.15) is 13.0 Å². The number of aromatic nitrogens is 2. The molecule has 22 heavy (non-hydrogen) atoms. The van der Waals surface area contributed by atoms with Gasteiger partial charge in [0.1, 0.15) is 6.04 Å². The predicted octanol–water partition coefficient (Wildman–Crippen LogP) is 2.76. The molecule has 1 amide bonds. The van der Waals surface area contributed by atoms with Crippen LogP contribution in [-0.2, 0) is 4.79 Å². The van der Waals surface area contributed by atoms with E-state index in [2.05, 4.69) is 10.4 Å². The van der Waals surface area contributed by atoms with Crippen LogP contribution in [0.3, 0.4) is 0 Å². The average molecular weight is 315 g/mol. The van der Waals surface area contributed by atoms with E-state index >= 15 is 0 Å². The van der Waals surface area contributed by atoms with E-state index in [-0.39, 0.29) is 11.8 Å². The third-order valence-corrected chi connectivity index (χ3v) is 3.95. The standard InChI is InChI=1S/C15H13N3O3S/c1-10(13(19)16-11-6-3-2-4-7-11)18-15(20)21-14(17-18)12-8-5-9-22-12/h2-10H,1H3,(H,16,19)/t10-/m0/s1. The molecule has 2 aromatic heterocycles. The van der Waals surface area contributed by atoms with Gasteiger partial charge in [0.15, 0.2) is 0 Å². The third kappa shape index (κ3) is 2.84. The van der Waals surface area contributed by atoms with Gasteiger partial charge in [-0.2, -0.15) is 4.68 Å². The summed E-state index contributed by atoms with van der Waals surface area (Å²) >= 11 is 1.41. The quantitative estimate of drug-likeness (QED) is 0.803. The van der Waals surface area contributed by atoms with Gasteiger partial charge in [-0.25, -0.2) is 4.79 Å². The summed E-state index contributed by atoms with van der Waals surface area (Å²) in [7, 11) is 0. The lowest BCUT2D eigenvalue weighted by Gasteiger charge is -2.10. The SMILES string of the molecule is C[C@@H](C(=O)Nc1ccccc1)n1nc(-c2cccs2)oc1=O. The lowest BCUT2D eigenvalue weighted by molar-refractivity contribution is -0.119. The van der Waals surface area contributed by atoms with Crippen LogP contribution in [0.5, 0.6) is 0 Å². The number of carbonyl (C=O) groups is 1. The molecular weight excluding hydrogens is 302 g/mol. The van der Waals surface area contributed by atoms with Gasteiger partial charge in [0.2, 0.25) is 5.91 Å². The lowest BCUT2D eigenvalue weighted by atomic mass is 10.3. The number of amides is 1. The van der Waals surface area contributed by atoms with Crippen molar-refractivity contribution in [3.63, 3.8) is 0 Å². The fourth-order valence-electron chi connectivity index (χ4n) is 1.91. The number of thiophene rings is 1. The Kier molecular flexibility index (Phi) is 3.88. The maximum atomic E-state index is 12.2. The molecule has 0 spiro atoms. The van der Waals surface area contributed by atoms with Crippen molar-refractivity contribution >= 4 is 22.9 Å². The van der Waals surface area contributed by atoms with Crippen LogP contribution in [-0.4, -0.2) is 15.7 Å². The van der Waals surface area contributed by atoms with Gasteiger partial charge in [0.25, 0.3) is 5.89 Å². The maximum absolute atomic E-state index is 12.2. The number of carbonyl (C=O) groups excluding carboxylic acids is 1. The monoisotopic (exact) mass is 315 g/mol. The number of para-hydroxylation sites is 1. The Morgan fingerprint density at radius 2 is 2.05 bits per heavy atom. The fraction of sp³-hybridized carbons (Fsp3) is 0.133. The topological polar surface area (TPSA) is 77.1 Å². The van der Waals surface area contributed by atoms with Crippen molar-refractivity contribution in [3.05, 3.63) is 58.4 Å². The zero-order valence-corrected chi connectivity index (χ0v) is 12.5. The molecule has 0 saturated carbocycles. The summed E-state index contributed by atoms with van der Waals surface area (Å²) in [6, 6.07) is 11.9. The molecule has 0 aliphatic rings. The van der Waals surface area contributed by atoms with Crippen LogP contribution in [0, 0.1) is 0 Å². The zero-order chi connectivity index (χ0) is 15.5. The maximum Gasteiger partial charge on any atom is 0.438 e. The molecule has 0 aliphatic carbocycles. The summed E-state index contributed by atoms with van der Waals surface area (Å²) in [6.07, 6.45) is 0. The molecule has 0 bridgehead atoms. The van der Waals surface area contributed by atoms with Gasteiger partial charge >= 0.3 is 5.76 Å². The van der Waals surface area contributed by atoms with Gasteiger partial charge in [-0.3, -0.25) is 4.79 Å². The van der Waals surface area contributed by atoms with Gasteiger partial charge in [0, 0.05) is 5.69 Å². The van der Waals surface area contributed by atoms with Gasteiger partial charge in [-0.05, 0) is 30.5 Å². The smallest absolute Gasteiger partial charge is 0.387 e. The van der Waals surface area contributed by atoms with E-state index in [0.717, 1.165) is 9.56 Å². The van der Waals surface area contributed by atoms with Gasteiger partial charge in [0.05, 0.1) is 4.88 Å². The molecule has 0 aliphatic heterocycles. The number of rotatable bonds is 4. The molecule has 0 fully saturated rings. The predicted molar refractivity (Wildman–Crippen MR) is 83.9 cm³/mol. The summed E-state index contributed by atoms with van der Waals surface area (Å²) in [6.45, 7) is 1.60. The number of benzene rings is 1. The first kappa shape index (κ1) is 14.3. The number of hydrogen-bond donors (Lipinski definition) is 1. The van der Waals surface area contributed by atoms with Crippen molar-refractivity contribution in [1.29, 1.82) is 0 Å². The van der Waals surface area contributed by atoms with E-state index < -0.39 is 11.8 Å². The highest BCUT2D eigenvalue weighted by molar-refractivity contribution is 7.13. The molecule has 0 saturated heterocycles. The van der Waals surface area contributed by atoms with Crippen molar-refractivity contribution in [1.82, 2.24) is 9.78 Å². The molecule has 3 rings (SSSR count). The van der Waals surface area contributed by atoms with E-state index in [1.54, 1.807) is 25.1 Å². The Morgan fingerprint density at radius 1 is 1.27 bits per heavy atom. The van der Waals surface area contributed by atoms with Crippen molar-refractivity contribution in [2.24, 2.45) is 0 Å². The molecule has 112 valence electrons. The lowest BCUT2D eigenvalue weighted by Crippen LogP contribution is -2.30. The van der Waals surface area contributed by atoms with E-state index in [9.17, 15) is 9.59 Å². The van der Waals surface area contributed by atoms with Crippen molar-refractivity contribution < 1.29 is 9.21 Å². The summed E-state index contributed by atoms with van der Waals surface area (Å²) in [4.78, 5) is 24.8. The molecule has 6 nitrogen and oxygen atoms in total. The molecule has 3 aromatic rings. The molecule has 1 aromatic carbocycles. The Labute approximate surface area is 130 Å². The minimum absolute atomic E-state index is 0.222. The van der Waals surface area contributed by atoms with Crippen molar-refractivity contribution in [2.75, 3.05) is 5.32 Å². The third-order valence-electron chi connectivity index (χ3n) is 3.09. The minimum Gasteiger partial charge on any atom is -0.387 e. The highest BCUT2D eigenvalue weighted by Gasteiger charge is 2.21. The van der Waals surface area contributed by atoms with Crippen LogP contribution in [0.2, 0.25) is 0 Å². The number of nitrogens with one attached hydrogen (secondary N) is 1. The van der Waals surface area contributed by atoms with Crippen LogP contribution >= 0.6 is 11.3 Å². The minimum atomic E-state index is -0.773. The van der Waals surface area contributed by atoms with Crippen molar-refractivity contribution in [2.45, 2.75) is 13.0 Å². The number of nitrogens with zero attached hydrogens (tertiary/aromatic N) is 2. The van der Waals surface area contributed by atoms with E-state index in [0.29, 0.717) is 5.69 Å². The largest absolute Gasteiger partial charge is 0.438 e. The zero-order valence-electron chi connectivity index (χ0n) is 11.7. The first-order valence-corrected chi connectivity index (χ1v) is 7.52. The second-order valence-electron chi connectivity index (χ2n) is 4.63. The van der Waals surface area contributed by atoms with E-state index in [4.69, 9.17) is 4.42 Å². The van der Waals surface area contributed by atoms with Crippen LogP contribution in [0.25, 0.3) is 10.8 Å². The second kappa shape index (κ2) is 5.98. The number of anilines is 1. The number of hydrogen-bond acceptors (Lipinski definition) is 5. The van der Waals surface area contributed by atoms with E-state index in [1.165, 1.54) is 11.3 Å². The van der Waals surface area contributed by atoms with E-state index in [1.807, 2.05) is 29.6 Å². The Morgan fingerprint density at radius 3 is 2.73 bits per heavy atom. The molecule has 0 unspecified atom stereocenters.